The summed E-state index contributed by atoms with van der Waals surface area (Å²) in [6, 6.07) is 19.3. The first kappa shape index (κ1) is 22.4. The average Bonchev–Trinajstić information content (AvgIpc) is 3.06. The van der Waals surface area contributed by atoms with Gasteiger partial charge in [0.15, 0.2) is 0 Å². The number of hydrogen-bond donors (Lipinski definition) is 1. The molecular formula is C20H16Cl2O3PTi. The molecule has 0 spiro atoms. The van der Waals surface area contributed by atoms with Gasteiger partial charge in [-0.2, -0.15) is 6.07 Å². The monoisotopic (exact) mass is 453 g/mol. The first-order valence-corrected chi connectivity index (χ1v) is 9.72. The topological polar surface area (TPSA) is 46.5 Å². The number of fused-ring (bicyclic) bond motifs is 4. The van der Waals surface area contributed by atoms with Gasteiger partial charge in [-0.05, 0) is 29.3 Å². The van der Waals surface area contributed by atoms with Crippen molar-refractivity contribution in [1.82, 2.24) is 0 Å². The fourth-order valence-electron chi connectivity index (χ4n) is 3.81. The summed E-state index contributed by atoms with van der Waals surface area (Å²) in [6.45, 7) is 0. The van der Waals surface area contributed by atoms with E-state index in [1.165, 1.54) is 11.1 Å². The van der Waals surface area contributed by atoms with E-state index in [1.807, 2.05) is 42.5 Å². The Balaban J connectivity index is 0.000000871. The van der Waals surface area contributed by atoms with Crippen LogP contribution in [0.15, 0.2) is 66.2 Å². The van der Waals surface area contributed by atoms with E-state index in [1.54, 1.807) is 12.1 Å². The van der Waals surface area contributed by atoms with Gasteiger partial charge >= 0.3 is 29.3 Å². The third-order valence-corrected chi connectivity index (χ3v) is 6.48. The normalized spacial score (nSPS) is 18.8. The smallest absolute Gasteiger partial charge is 1.00 e. The van der Waals surface area contributed by atoms with Crippen LogP contribution in [-0.4, -0.2) is 4.89 Å². The molecular weight excluding hydrogens is 438 g/mol. The summed E-state index contributed by atoms with van der Waals surface area (Å²) in [4.78, 5) is 10.6. The van der Waals surface area contributed by atoms with Gasteiger partial charge in [-0.25, -0.2) is 4.57 Å². The van der Waals surface area contributed by atoms with Crippen LogP contribution in [0.5, 0.6) is 0 Å². The largest absolute Gasteiger partial charge is 3.00 e. The van der Waals surface area contributed by atoms with Gasteiger partial charge in [-0.15, -0.1) is 35.0 Å². The molecule has 0 aromatic heterocycles. The van der Waals surface area contributed by atoms with Crippen molar-refractivity contribution in [3.63, 3.8) is 0 Å². The Morgan fingerprint density at radius 1 is 1.07 bits per heavy atom. The molecule has 7 heteroatoms. The quantitative estimate of drug-likeness (QED) is 0.304. The van der Waals surface area contributed by atoms with Crippen LogP contribution >= 0.6 is 7.60 Å². The van der Waals surface area contributed by atoms with Gasteiger partial charge in [-0.3, -0.25) is 0 Å². The predicted molar refractivity (Wildman–Crippen MR) is 95.4 cm³/mol. The zero-order valence-corrected chi connectivity index (χ0v) is 18.2. The summed E-state index contributed by atoms with van der Waals surface area (Å²) in [6.07, 6.45) is 2.03. The van der Waals surface area contributed by atoms with Crippen LogP contribution in [-0.2, 0) is 30.8 Å². The maximum absolute atomic E-state index is 12.9. The summed E-state index contributed by atoms with van der Waals surface area (Å²) in [5.74, 6) is 0.993. The zero-order valence-electron chi connectivity index (χ0n) is 14.2. The van der Waals surface area contributed by atoms with Crippen molar-refractivity contribution in [1.29, 1.82) is 0 Å². The minimum Gasteiger partial charge on any atom is -1.00 e. The van der Waals surface area contributed by atoms with Crippen LogP contribution in [0.2, 0.25) is 0 Å². The van der Waals surface area contributed by atoms with Gasteiger partial charge in [-0.1, -0.05) is 30.3 Å². The second kappa shape index (κ2) is 8.21. The molecule has 0 amide bonds. The molecule has 1 radical (unpaired) electrons. The average molecular weight is 454 g/mol. The molecule has 5 rings (SSSR count). The number of benzene rings is 2. The molecule has 2 aliphatic carbocycles. The predicted octanol–water partition coefficient (Wildman–Crippen LogP) is -1.31. The zero-order chi connectivity index (χ0) is 16.3. The molecule has 1 fully saturated rings. The van der Waals surface area contributed by atoms with Gasteiger partial charge in [0, 0.05) is 11.5 Å². The van der Waals surface area contributed by atoms with Crippen molar-refractivity contribution in [2.45, 2.75) is 18.8 Å². The number of rotatable bonds is 3. The molecule has 2 aliphatic rings. The molecule has 3 nitrogen and oxygen atoms in total. The van der Waals surface area contributed by atoms with E-state index in [4.69, 9.17) is 4.52 Å². The third-order valence-electron chi connectivity index (χ3n) is 5.14. The van der Waals surface area contributed by atoms with E-state index in [9.17, 15) is 9.46 Å². The molecule has 1 N–H and O–H groups in total. The second-order valence-electron chi connectivity index (χ2n) is 6.49. The van der Waals surface area contributed by atoms with Crippen LogP contribution in [0.3, 0.4) is 0 Å². The SMILES string of the molecule is O=P(O)(OC1=C2CCC2c2ccccc21)c1cc2ccccc2[cH-]1.[Cl-].[Cl-].[Ti+3]. The van der Waals surface area contributed by atoms with E-state index >= 15 is 0 Å². The van der Waals surface area contributed by atoms with Crippen molar-refractivity contribution in [2.75, 3.05) is 0 Å². The van der Waals surface area contributed by atoms with E-state index in [0.29, 0.717) is 17.0 Å². The van der Waals surface area contributed by atoms with Crippen molar-refractivity contribution < 1.29 is 60.5 Å². The standard InChI is InChI=1S/C20H16O3P.2ClH.Ti/c21-24(22,15-11-13-5-1-2-6-14(13)12-15)23-20-18-8-4-3-7-16(18)17-9-10-19(17)20;;;/h1-8,11-12,17H,9-10H2,(H,21,22);2*1H;/q-1;;;+3/p-2. The van der Waals surface area contributed by atoms with Crippen molar-refractivity contribution in [2.24, 2.45) is 0 Å². The Labute approximate surface area is 185 Å². The van der Waals surface area contributed by atoms with Crippen LogP contribution in [0.4, 0.5) is 0 Å². The summed E-state index contributed by atoms with van der Waals surface area (Å²) < 4.78 is 18.7. The first-order valence-electron chi connectivity index (χ1n) is 8.14. The van der Waals surface area contributed by atoms with Crippen molar-refractivity contribution >= 4 is 29.4 Å². The molecule has 0 bridgehead atoms. The van der Waals surface area contributed by atoms with E-state index in [-0.39, 0.29) is 46.5 Å². The maximum atomic E-state index is 12.9. The molecule has 0 aliphatic heterocycles. The Morgan fingerprint density at radius 2 is 1.78 bits per heavy atom. The molecule has 1 saturated carbocycles. The summed E-state index contributed by atoms with van der Waals surface area (Å²) in [5, 5.41) is 2.27. The van der Waals surface area contributed by atoms with E-state index in [0.717, 1.165) is 29.2 Å². The number of halogens is 2. The molecule has 137 valence electrons. The Morgan fingerprint density at radius 3 is 2.48 bits per heavy atom. The van der Waals surface area contributed by atoms with E-state index in [2.05, 4.69) is 6.07 Å². The summed E-state index contributed by atoms with van der Waals surface area (Å²) in [5.41, 5.74) is 3.36. The second-order valence-corrected chi connectivity index (χ2v) is 8.23. The Hall–Kier alpha value is -0.926. The molecule has 3 aromatic rings. The number of hydrogen-bond acceptors (Lipinski definition) is 2. The molecule has 3 aromatic carbocycles. The minimum absolute atomic E-state index is 0. The number of allylic oxidation sites excluding steroid dienone is 1. The van der Waals surface area contributed by atoms with Crippen LogP contribution in [0.25, 0.3) is 16.5 Å². The van der Waals surface area contributed by atoms with E-state index < -0.39 is 7.60 Å². The Kier molecular flexibility index (Phi) is 6.80. The minimum atomic E-state index is -3.91. The summed E-state index contributed by atoms with van der Waals surface area (Å²) >= 11 is 0. The van der Waals surface area contributed by atoms with Gasteiger partial charge in [0.05, 0.1) is 0 Å². The van der Waals surface area contributed by atoms with Gasteiger partial charge in [0.25, 0.3) is 0 Å². The van der Waals surface area contributed by atoms with Gasteiger partial charge in [0.2, 0.25) is 0 Å². The van der Waals surface area contributed by atoms with Crippen molar-refractivity contribution in [3.8, 4) is 0 Å². The third kappa shape index (κ3) is 3.58. The Bertz CT molecular complexity index is 1030. The fraction of sp³-hybridized carbons (Fsp3) is 0.150. The fourth-order valence-corrected chi connectivity index (χ4v) is 4.98. The van der Waals surface area contributed by atoms with Crippen LogP contribution < -0.4 is 30.1 Å². The van der Waals surface area contributed by atoms with Crippen LogP contribution in [0, 0.1) is 0 Å². The molecule has 0 heterocycles. The van der Waals surface area contributed by atoms with Gasteiger partial charge in [0.1, 0.15) is 5.76 Å². The molecule has 2 unspecified atom stereocenters. The summed E-state index contributed by atoms with van der Waals surface area (Å²) in [7, 11) is -3.91. The molecule has 2 atom stereocenters. The van der Waals surface area contributed by atoms with Crippen LogP contribution in [0.1, 0.15) is 29.9 Å². The molecule has 0 saturated heterocycles. The van der Waals surface area contributed by atoms with Gasteiger partial charge < -0.3 is 34.2 Å². The van der Waals surface area contributed by atoms with Crippen molar-refractivity contribution in [3.05, 3.63) is 77.4 Å². The maximum Gasteiger partial charge on any atom is 3.00 e. The first-order chi connectivity index (χ1) is 11.6. The molecule has 27 heavy (non-hydrogen) atoms.